The molecule has 1 fully saturated rings. The average molecular weight is 343 g/mol. The molecule has 1 aromatic carbocycles. The summed E-state index contributed by atoms with van der Waals surface area (Å²) < 4.78 is 11.0. The van der Waals surface area contributed by atoms with Crippen molar-refractivity contribution in [1.29, 1.82) is 0 Å². The molecule has 0 aromatic heterocycles. The monoisotopic (exact) mass is 342 g/mol. The quantitative estimate of drug-likeness (QED) is 0.860. The predicted octanol–water partition coefficient (Wildman–Crippen LogP) is 3.36. The molecular formula is C17H27ClN2O3. The van der Waals surface area contributed by atoms with Crippen LogP contribution < -0.4 is 20.5 Å². The molecule has 0 radical (unpaired) electrons. The van der Waals surface area contributed by atoms with Crippen LogP contribution in [0.15, 0.2) is 18.2 Å². The molecule has 0 heterocycles. The van der Waals surface area contributed by atoms with Gasteiger partial charge in [0.1, 0.15) is 11.5 Å². The summed E-state index contributed by atoms with van der Waals surface area (Å²) in [5.41, 5.74) is 6.62. The zero-order valence-electron chi connectivity index (χ0n) is 14.0. The fourth-order valence-corrected chi connectivity index (χ4v) is 2.79. The molecule has 0 aliphatic heterocycles. The minimum absolute atomic E-state index is 0. The normalized spacial score (nSPS) is 20.6. The first-order valence-corrected chi connectivity index (χ1v) is 7.90. The summed E-state index contributed by atoms with van der Waals surface area (Å²) in [4.78, 5) is 12.5. The second-order valence-corrected chi connectivity index (χ2v) is 6.14. The third-order valence-corrected chi connectivity index (χ3v) is 3.89. The summed E-state index contributed by atoms with van der Waals surface area (Å²) in [5, 5.41) is 2.98. The van der Waals surface area contributed by atoms with Crippen molar-refractivity contribution >= 4 is 24.0 Å². The number of anilines is 1. The van der Waals surface area contributed by atoms with E-state index in [1.54, 1.807) is 13.2 Å². The van der Waals surface area contributed by atoms with E-state index in [-0.39, 0.29) is 36.4 Å². The first-order chi connectivity index (χ1) is 10.5. The molecule has 2 unspecified atom stereocenters. The number of carbonyl (C=O) groups is 1. The van der Waals surface area contributed by atoms with E-state index < -0.39 is 0 Å². The Morgan fingerprint density at radius 2 is 2.09 bits per heavy atom. The number of rotatable bonds is 5. The van der Waals surface area contributed by atoms with Crippen LogP contribution in [0.25, 0.3) is 0 Å². The van der Waals surface area contributed by atoms with Gasteiger partial charge in [-0.3, -0.25) is 4.79 Å². The van der Waals surface area contributed by atoms with Crippen LogP contribution in [0.1, 0.15) is 39.5 Å². The number of amides is 1. The van der Waals surface area contributed by atoms with E-state index in [2.05, 4.69) is 5.32 Å². The molecule has 0 spiro atoms. The van der Waals surface area contributed by atoms with E-state index >= 15 is 0 Å². The molecule has 1 aliphatic rings. The van der Waals surface area contributed by atoms with Crippen molar-refractivity contribution in [3.63, 3.8) is 0 Å². The van der Waals surface area contributed by atoms with E-state index in [1.165, 1.54) is 0 Å². The first-order valence-electron chi connectivity index (χ1n) is 7.90. The van der Waals surface area contributed by atoms with E-state index in [4.69, 9.17) is 15.2 Å². The minimum atomic E-state index is -0.0261. The molecule has 2 rings (SSSR count). The number of carbonyl (C=O) groups excluding carboxylic acids is 1. The Labute approximate surface area is 144 Å². The Morgan fingerprint density at radius 1 is 1.35 bits per heavy atom. The van der Waals surface area contributed by atoms with E-state index in [1.807, 2.05) is 26.0 Å². The van der Waals surface area contributed by atoms with E-state index in [9.17, 15) is 4.79 Å². The molecule has 1 aromatic rings. The molecule has 0 saturated heterocycles. The maximum absolute atomic E-state index is 12.5. The van der Waals surface area contributed by atoms with E-state index in [0.717, 1.165) is 25.7 Å². The molecule has 2 atom stereocenters. The lowest BCUT2D eigenvalue weighted by Crippen LogP contribution is -2.34. The Morgan fingerprint density at radius 3 is 2.70 bits per heavy atom. The van der Waals surface area contributed by atoms with Crippen molar-refractivity contribution in [3.05, 3.63) is 18.2 Å². The maximum Gasteiger partial charge on any atom is 0.227 e. The summed E-state index contributed by atoms with van der Waals surface area (Å²) in [6, 6.07) is 5.56. The van der Waals surface area contributed by atoms with Crippen LogP contribution >= 0.6 is 12.4 Å². The van der Waals surface area contributed by atoms with Gasteiger partial charge in [-0.1, -0.05) is 6.42 Å². The number of nitrogens with one attached hydrogen (secondary N) is 1. The highest BCUT2D eigenvalue weighted by Gasteiger charge is 2.26. The van der Waals surface area contributed by atoms with Crippen molar-refractivity contribution < 1.29 is 14.3 Å². The van der Waals surface area contributed by atoms with E-state index in [0.29, 0.717) is 17.2 Å². The zero-order valence-corrected chi connectivity index (χ0v) is 14.8. The molecule has 3 N–H and O–H groups in total. The SMILES string of the molecule is COc1ccc(OC(C)C)c(NC(=O)C2CCCC(N)C2)c1.Cl. The Balaban J connectivity index is 0.00000264. The first kappa shape index (κ1) is 19.6. The standard InChI is InChI=1S/C17H26N2O3.ClH/c1-11(2)22-16-8-7-14(21-3)10-15(16)19-17(20)12-5-4-6-13(18)9-12;/h7-8,10-13H,4-6,9,18H2,1-3H3,(H,19,20);1H. The van der Waals surface area contributed by atoms with Gasteiger partial charge in [-0.15, -0.1) is 12.4 Å². The third-order valence-electron chi connectivity index (χ3n) is 3.89. The Bertz CT molecular complexity index is 523. The zero-order chi connectivity index (χ0) is 16.1. The van der Waals surface area contributed by atoms with Crippen LogP contribution in [0.5, 0.6) is 11.5 Å². The van der Waals surface area contributed by atoms with Crippen molar-refractivity contribution in [1.82, 2.24) is 0 Å². The van der Waals surface area contributed by atoms with Gasteiger partial charge >= 0.3 is 0 Å². The fraction of sp³-hybridized carbons (Fsp3) is 0.588. The summed E-state index contributed by atoms with van der Waals surface area (Å²) in [5.74, 6) is 1.33. The molecule has 1 saturated carbocycles. The van der Waals surface area contributed by atoms with Crippen LogP contribution in [-0.2, 0) is 4.79 Å². The number of ether oxygens (including phenoxy) is 2. The maximum atomic E-state index is 12.5. The highest BCUT2D eigenvalue weighted by Crippen LogP contribution is 2.32. The summed E-state index contributed by atoms with van der Waals surface area (Å²) in [6.07, 6.45) is 3.68. The molecule has 6 heteroatoms. The Hall–Kier alpha value is -1.46. The molecular weight excluding hydrogens is 316 g/mol. The molecule has 1 aliphatic carbocycles. The number of halogens is 1. The van der Waals surface area contributed by atoms with Crippen LogP contribution in [0.3, 0.4) is 0 Å². The lowest BCUT2D eigenvalue weighted by molar-refractivity contribution is -0.120. The number of methoxy groups -OCH3 is 1. The highest BCUT2D eigenvalue weighted by atomic mass is 35.5. The lowest BCUT2D eigenvalue weighted by atomic mass is 9.85. The van der Waals surface area contributed by atoms with Gasteiger partial charge in [0.25, 0.3) is 0 Å². The summed E-state index contributed by atoms with van der Waals surface area (Å²) >= 11 is 0. The van der Waals surface area contributed by atoms with Gasteiger partial charge in [-0.05, 0) is 45.2 Å². The predicted molar refractivity (Wildman–Crippen MR) is 94.6 cm³/mol. The van der Waals surface area contributed by atoms with Gasteiger partial charge in [-0.2, -0.15) is 0 Å². The molecule has 1 amide bonds. The van der Waals surface area contributed by atoms with Crippen LogP contribution in [0, 0.1) is 5.92 Å². The third kappa shape index (κ3) is 5.59. The number of nitrogens with two attached hydrogens (primary N) is 1. The molecule has 23 heavy (non-hydrogen) atoms. The van der Waals surface area contributed by atoms with Crippen molar-refractivity contribution in [3.8, 4) is 11.5 Å². The number of hydrogen-bond acceptors (Lipinski definition) is 4. The van der Waals surface area contributed by atoms with Crippen LogP contribution in [0.4, 0.5) is 5.69 Å². The molecule has 130 valence electrons. The van der Waals surface area contributed by atoms with Gasteiger partial charge in [0.2, 0.25) is 5.91 Å². The topological polar surface area (TPSA) is 73.6 Å². The van der Waals surface area contributed by atoms with Gasteiger partial charge in [0, 0.05) is 18.0 Å². The second-order valence-electron chi connectivity index (χ2n) is 6.14. The number of benzene rings is 1. The fourth-order valence-electron chi connectivity index (χ4n) is 2.79. The van der Waals surface area contributed by atoms with Crippen molar-refractivity contribution in [2.45, 2.75) is 51.7 Å². The van der Waals surface area contributed by atoms with Crippen molar-refractivity contribution in [2.24, 2.45) is 11.7 Å². The summed E-state index contributed by atoms with van der Waals surface area (Å²) in [7, 11) is 1.60. The molecule has 0 bridgehead atoms. The largest absolute Gasteiger partial charge is 0.497 e. The van der Waals surface area contributed by atoms with Crippen LogP contribution in [0.2, 0.25) is 0 Å². The lowest BCUT2D eigenvalue weighted by Gasteiger charge is -2.26. The van der Waals surface area contributed by atoms with Crippen LogP contribution in [-0.4, -0.2) is 25.2 Å². The van der Waals surface area contributed by atoms with Gasteiger partial charge in [0.05, 0.1) is 18.9 Å². The molecule has 5 nitrogen and oxygen atoms in total. The van der Waals surface area contributed by atoms with Gasteiger partial charge in [-0.25, -0.2) is 0 Å². The van der Waals surface area contributed by atoms with Gasteiger partial charge in [0.15, 0.2) is 0 Å². The average Bonchev–Trinajstić information content (AvgIpc) is 2.48. The summed E-state index contributed by atoms with van der Waals surface area (Å²) in [6.45, 7) is 3.91. The minimum Gasteiger partial charge on any atom is -0.497 e. The van der Waals surface area contributed by atoms with Gasteiger partial charge < -0.3 is 20.5 Å². The second kappa shape index (κ2) is 8.99. The smallest absolute Gasteiger partial charge is 0.227 e. The number of hydrogen-bond donors (Lipinski definition) is 2. The van der Waals surface area contributed by atoms with Crippen molar-refractivity contribution in [2.75, 3.05) is 12.4 Å². The Kier molecular flexibility index (Phi) is 7.65. The highest BCUT2D eigenvalue weighted by molar-refractivity contribution is 5.94.